The van der Waals surface area contributed by atoms with Crippen molar-refractivity contribution in [3.8, 4) is 0 Å². The molecule has 19 heavy (non-hydrogen) atoms. The van der Waals surface area contributed by atoms with Crippen molar-refractivity contribution >= 4 is 22.8 Å². The molecule has 7 nitrogen and oxygen atoms in total. The monoisotopic (exact) mass is 296 g/mol. The van der Waals surface area contributed by atoms with E-state index >= 15 is 0 Å². The maximum atomic E-state index is 12.3. The van der Waals surface area contributed by atoms with E-state index in [0.29, 0.717) is 0 Å². The molecule has 0 aliphatic carbocycles. The lowest BCUT2D eigenvalue weighted by Crippen LogP contribution is -2.38. The quantitative estimate of drug-likeness (QED) is 0.813. The summed E-state index contributed by atoms with van der Waals surface area (Å²) in [7, 11) is 0. The fourth-order valence-electron chi connectivity index (χ4n) is 1.28. The zero-order chi connectivity index (χ0) is 24.9. The summed E-state index contributed by atoms with van der Waals surface area (Å²) in [6.45, 7) is -22.6. The molecule has 1 aliphatic rings. The molecule has 1 N–H and O–H groups in total. The molecule has 0 unspecified atom stereocenters. The Kier molecular flexibility index (Phi) is 1.26. The fraction of sp³-hybridized carbons (Fsp3) is 0.545. The molecule has 1 aliphatic heterocycles. The molecule has 2 aromatic heterocycles. The van der Waals surface area contributed by atoms with E-state index in [9.17, 15) is 4.79 Å². The third-order valence-electron chi connectivity index (χ3n) is 2.02. The minimum absolute atomic E-state index is 0.0667. The number of imidazole rings is 1. The summed E-state index contributed by atoms with van der Waals surface area (Å²) in [5.74, 6) is 0. The molecule has 8 heteroatoms. The molecule has 0 radical (unpaired) electrons. The molecular weight excluding hydrogens is 270 g/mol. The van der Waals surface area contributed by atoms with Crippen LogP contribution in [0.3, 0.4) is 0 Å². The van der Waals surface area contributed by atoms with E-state index in [4.69, 9.17) is 29.4 Å². The molecule has 1 saturated heterocycles. The second-order valence-electron chi connectivity index (χ2n) is 3.16. The van der Waals surface area contributed by atoms with E-state index in [2.05, 4.69) is 14.7 Å². The van der Waals surface area contributed by atoms with Crippen molar-refractivity contribution in [2.45, 2.75) is 6.50 Å². The van der Waals surface area contributed by atoms with Crippen molar-refractivity contribution in [3.63, 3.8) is 0 Å². The van der Waals surface area contributed by atoms with Gasteiger partial charge in [-0.2, -0.15) is 4.98 Å². The summed E-state index contributed by atoms with van der Waals surface area (Å²) in [5.41, 5.74) is -2.51. The summed E-state index contributed by atoms with van der Waals surface area (Å²) >= 11 is 5.60. The average Bonchev–Trinajstić information content (AvgIpc) is 2.88. The Labute approximate surface area is 132 Å². The van der Waals surface area contributed by atoms with Gasteiger partial charge in [0.2, 0.25) is 5.28 Å². The number of fused-ring (bicyclic) bond motifs is 1. The van der Waals surface area contributed by atoms with Gasteiger partial charge in [-0.25, -0.2) is 4.98 Å². The molecule has 0 aromatic carbocycles. The normalized spacial score (nSPS) is 39.3. The van der Waals surface area contributed by atoms with Crippen LogP contribution in [0.2, 0.25) is 5.28 Å². The second-order valence-corrected chi connectivity index (χ2v) is 3.52. The minimum Gasteiger partial charge on any atom is -0.379 e. The van der Waals surface area contributed by atoms with Crippen molar-refractivity contribution in [1.82, 2.24) is 24.4 Å². The van der Waals surface area contributed by atoms with E-state index in [1.54, 1.807) is 0 Å². The number of hydrogen-bond donors (Lipinski definition) is 1. The zero-order valence-corrected chi connectivity index (χ0v) is 9.74. The predicted octanol–water partition coefficient (Wildman–Crippen LogP) is 0.105. The highest BCUT2D eigenvalue weighted by molar-refractivity contribution is 6.28. The van der Waals surface area contributed by atoms with Gasteiger partial charge in [-0.15, -0.1) is 0 Å². The molecule has 0 saturated carbocycles. The Balaban J connectivity index is 2.34. The molecule has 3 heterocycles. The Morgan fingerprint density at radius 3 is 3.16 bits per heavy atom. The molecule has 1 fully saturated rings. The Morgan fingerprint density at radius 2 is 2.37 bits per heavy atom. The number of hydrogen-bond acceptors (Lipinski definition) is 5. The first-order valence-electron chi connectivity index (χ1n) is 11.3. The average molecular weight is 297 g/mol. The van der Waals surface area contributed by atoms with Crippen LogP contribution < -0.4 is 5.56 Å². The van der Waals surface area contributed by atoms with Crippen LogP contribution in [0.15, 0.2) is 11.1 Å². The highest BCUT2D eigenvalue weighted by atomic mass is 35.5. The van der Waals surface area contributed by atoms with E-state index in [0.717, 1.165) is 0 Å². The maximum absolute atomic E-state index is 12.3. The van der Waals surface area contributed by atoms with Gasteiger partial charge in [-0.05, 0) is 11.6 Å². The van der Waals surface area contributed by atoms with E-state index < -0.39 is 72.3 Å². The Morgan fingerprint density at radius 1 is 1.58 bits per heavy atom. The largest absolute Gasteiger partial charge is 0.379 e. The molecule has 3 rings (SSSR count). The number of aromatic nitrogens is 4. The molecule has 0 bridgehead atoms. The minimum atomic E-state index is -3.96. The first-order valence-corrected chi connectivity index (χ1v) is 5.17. The summed E-state index contributed by atoms with van der Waals surface area (Å²) in [5, 5.41) is -0.474. The van der Waals surface area contributed by atoms with Gasteiger partial charge >= 0.3 is 0 Å². The zero-order valence-electron chi connectivity index (χ0n) is 22.0. The van der Waals surface area contributed by atoms with Crippen LogP contribution in [-0.2, 0) is 11.2 Å². The van der Waals surface area contributed by atoms with Crippen LogP contribution in [0.4, 0.5) is 0 Å². The summed E-state index contributed by atoms with van der Waals surface area (Å²) in [6, 6.07) is 0. The van der Waals surface area contributed by atoms with Crippen LogP contribution in [-0.4, -0.2) is 57.0 Å². The molecule has 2 aromatic rings. The van der Waals surface area contributed by atoms with Gasteiger partial charge in [-0.1, -0.05) is 0 Å². The van der Waals surface area contributed by atoms with E-state index in [1.165, 1.54) is 0 Å². The highest BCUT2D eigenvalue weighted by Gasteiger charge is 2.13. The lowest BCUT2D eigenvalue weighted by Gasteiger charge is -2.26. The number of H-pyrrole nitrogens is 1. The number of aryl methyl sites for hydroxylation is 1. The smallest absolute Gasteiger partial charge is 0.278 e. The number of morpholine rings is 1. The Hall–Kier alpha value is -1.44. The summed E-state index contributed by atoms with van der Waals surface area (Å²) < 4.78 is 108. The topological polar surface area (TPSA) is 76.0 Å². The standard InChI is InChI=1S/C11H14ClN5O2/c12-11-14-9-8(10(18)15-11)17(7-13-9)2-1-16-3-5-19-6-4-16/h7H,1-6H2,(H,14,15,18)/i1D2,2D2,3D2,4D2,5D2,6D2,7D. The summed E-state index contributed by atoms with van der Waals surface area (Å²) in [4.78, 5) is 20.8. The molecule has 0 spiro atoms. The molecule has 0 amide bonds. The lowest BCUT2D eigenvalue weighted by molar-refractivity contribution is 0.0365. The Bertz CT molecular complexity index is 1120. The third-order valence-corrected chi connectivity index (χ3v) is 2.20. The number of aromatic amines is 1. The van der Waals surface area contributed by atoms with Crippen molar-refractivity contribution in [1.29, 1.82) is 0 Å². The molecular formula is C11H14ClN5O2. The van der Waals surface area contributed by atoms with E-state index in [-0.39, 0.29) is 4.57 Å². The third kappa shape index (κ3) is 2.63. The number of rotatable bonds is 3. The van der Waals surface area contributed by atoms with Crippen LogP contribution >= 0.6 is 11.6 Å². The van der Waals surface area contributed by atoms with Gasteiger partial charge in [0.15, 0.2) is 11.2 Å². The summed E-state index contributed by atoms with van der Waals surface area (Å²) in [6.07, 6.45) is -1.07. The van der Waals surface area contributed by atoms with Crippen molar-refractivity contribution < 1.29 is 22.6 Å². The van der Waals surface area contributed by atoms with Crippen molar-refractivity contribution in [2.24, 2.45) is 0 Å². The van der Waals surface area contributed by atoms with Gasteiger partial charge in [0.25, 0.3) is 5.56 Å². The van der Waals surface area contributed by atoms with E-state index in [1.807, 2.05) is 4.98 Å². The maximum Gasteiger partial charge on any atom is 0.278 e. The first-order chi connectivity index (χ1) is 14.1. The van der Waals surface area contributed by atoms with Crippen LogP contribution in [0.5, 0.6) is 0 Å². The van der Waals surface area contributed by atoms with Gasteiger partial charge < -0.3 is 9.30 Å². The lowest BCUT2D eigenvalue weighted by atomic mass is 10.4. The number of nitrogens with one attached hydrogen (secondary N) is 1. The SMILES string of the molecule is [2H]c1nc2nc(Cl)[nH]c(=O)c2n1C([2H])([2H])C([2H])([2H])N1C([2H])([2H])C([2H])([2H])OC([2H])([2H])C1([2H])[2H]. The predicted molar refractivity (Wildman–Crippen MR) is 70.4 cm³/mol. The number of ether oxygens (including phenoxy) is 1. The van der Waals surface area contributed by atoms with Crippen molar-refractivity contribution in [3.05, 3.63) is 21.9 Å². The molecule has 0 atom stereocenters. The van der Waals surface area contributed by atoms with Crippen LogP contribution in [0.1, 0.15) is 17.8 Å². The number of halogens is 1. The molecule has 102 valence electrons. The van der Waals surface area contributed by atoms with Gasteiger partial charge in [-0.3, -0.25) is 14.7 Å². The van der Waals surface area contributed by atoms with Crippen LogP contribution in [0, 0.1) is 0 Å². The fourth-order valence-corrected chi connectivity index (χ4v) is 1.45. The van der Waals surface area contributed by atoms with Crippen molar-refractivity contribution in [2.75, 3.05) is 32.6 Å². The van der Waals surface area contributed by atoms with Gasteiger partial charge in [0.05, 0.1) is 27.6 Å². The number of nitrogens with zero attached hydrogens (tertiary/aromatic N) is 4. The van der Waals surface area contributed by atoms with Crippen LogP contribution in [0.25, 0.3) is 11.2 Å². The van der Waals surface area contributed by atoms with Gasteiger partial charge in [0, 0.05) is 34.2 Å². The first kappa shape index (κ1) is 4.54. The van der Waals surface area contributed by atoms with Gasteiger partial charge in [0.1, 0.15) is 1.37 Å². The highest BCUT2D eigenvalue weighted by Crippen LogP contribution is 2.08. The second kappa shape index (κ2) is 5.28.